The SMILES string of the molecule is Cc1cc(C)c(C(=O)N2CCN(S(=O)(=O)c3ccccc3)CC2)cc1CN1CCN(c2ccccc2C#N)CC1. The maximum absolute atomic E-state index is 13.6. The topological polar surface area (TPSA) is 88.0 Å². The summed E-state index contributed by atoms with van der Waals surface area (Å²) in [6.45, 7) is 9.50. The number of nitriles is 1. The summed E-state index contributed by atoms with van der Waals surface area (Å²) < 4.78 is 27.5. The molecular weight excluding hydrogens is 522 g/mol. The number of nitrogens with zero attached hydrogens (tertiary/aromatic N) is 5. The van der Waals surface area contributed by atoms with Crippen molar-refractivity contribution in [1.82, 2.24) is 14.1 Å². The lowest BCUT2D eigenvalue weighted by molar-refractivity contribution is 0.0697. The normalized spacial score (nSPS) is 17.0. The molecule has 40 heavy (non-hydrogen) atoms. The predicted octanol–water partition coefficient (Wildman–Crippen LogP) is 3.64. The largest absolute Gasteiger partial charge is 0.368 e. The highest BCUT2D eigenvalue weighted by Crippen LogP contribution is 2.24. The van der Waals surface area contributed by atoms with E-state index in [1.807, 2.05) is 37.3 Å². The van der Waals surface area contributed by atoms with Crippen LogP contribution in [0.15, 0.2) is 71.6 Å². The van der Waals surface area contributed by atoms with E-state index in [-0.39, 0.29) is 23.9 Å². The lowest BCUT2D eigenvalue weighted by atomic mass is 9.98. The summed E-state index contributed by atoms with van der Waals surface area (Å²) in [5.74, 6) is -0.0477. The van der Waals surface area contributed by atoms with Gasteiger partial charge in [0.2, 0.25) is 10.0 Å². The first-order chi connectivity index (χ1) is 19.3. The van der Waals surface area contributed by atoms with Gasteiger partial charge in [-0.3, -0.25) is 9.69 Å². The van der Waals surface area contributed by atoms with Crippen LogP contribution in [0.3, 0.4) is 0 Å². The molecule has 0 radical (unpaired) electrons. The summed E-state index contributed by atoms with van der Waals surface area (Å²) >= 11 is 0. The van der Waals surface area contributed by atoms with Crippen molar-refractivity contribution in [1.29, 1.82) is 5.26 Å². The van der Waals surface area contributed by atoms with E-state index in [9.17, 15) is 18.5 Å². The highest BCUT2D eigenvalue weighted by atomic mass is 32.2. The third-order valence-electron chi connectivity index (χ3n) is 7.95. The van der Waals surface area contributed by atoms with E-state index in [0.29, 0.717) is 24.2 Å². The van der Waals surface area contributed by atoms with Crippen LogP contribution in [-0.2, 0) is 16.6 Å². The number of hydrogen-bond acceptors (Lipinski definition) is 6. The number of aryl methyl sites for hydroxylation is 2. The van der Waals surface area contributed by atoms with Crippen molar-refractivity contribution < 1.29 is 13.2 Å². The van der Waals surface area contributed by atoms with Crippen LogP contribution in [0.5, 0.6) is 0 Å². The maximum atomic E-state index is 13.6. The van der Waals surface area contributed by atoms with Gasteiger partial charge in [0.05, 0.1) is 16.1 Å². The molecule has 0 N–H and O–H groups in total. The second-order valence-corrected chi connectivity index (χ2v) is 12.4. The minimum atomic E-state index is -3.57. The van der Waals surface area contributed by atoms with E-state index in [2.05, 4.69) is 28.9 Å². The highest BCUT2D eigenvalue weighted by Gasteiger charge is 2.31. The number of hydrogen-bond donors (Lipinski definition) is 0. The zero-order chi connectivity index (χ0) is 28.3. The van der Waals surface area contributed by atoms with E-state index < -0.39 is 10.0 Å². The van der Waals surface area contributed by atoms with Crippen LogP contribution in [-0.4, -0.2) is 80.8 Å². The molecule has 0 aliphatic carbocycles. The molecule has 3 aromatic rings. The second-order valence-electron chi connectivity index (χ2n) is 10.5. The molecule has 0 atom stereocenters. The Morgan fingerprint density at radius 1 is 0.825 bits per heavy atom. The van der Waals surface area contributed by atoms with Gasteiger partial charge in [-0.1, -0.05) is 36.4 Å². The van der Waals surface area contributed by atoms with Crippen molar-refractivity contribution in [2.45, 2.75) is 25.3 Å². The van der Waals surface area contributed by atoms with Crippen molar-refractivity contribution in [2.24, 2.45) is 0 Å². The first kappa shape index (κ1) is 27.8. The Hall–Kier alpha value is -3.71. The summed E-state index contributed by atoms with van der Waals surface area (Å²) in [6.07, 6.45) is 0. The molecule has 0 spiro atoms. The zero-order valence-electron chi connectivity index (χ0n) is 23.1. The molecule has 2 heterocycles. The molecular formula is C31H35N5O3S. The fourth-order valence-corrected chi connectivity index (χ4v) is 7.02. The number of piperazine rings is 2. The molecule has 0 saturated carbocycles. The maximum Gasteiger partial charge on any atom is 0.254 e. The minimum Gasteiger partial charge on any atom is -0.368 e. The number of anilines is 1. The minimum absolute atomic E-state index is 0.0477. The number of carbonyl (C=O) groups excluding carboxylic acids is 1. The Bertz CT molecular complexity index is 1520. The van der Waals surface area contributed by atoms with Gasteiger partial charge in [0.15, 0.2) is 0 Å². The molecule has 208 valence electrons. The summed E-state index contributed by atoms with van der Waals surface area (Å²) in [5, 5.41) is 9.46. The van der Waals surface area contributed by atoms with Crippen molar-refractivity contribution in [3.8, 4) is 6.07 Å². The number of benzene rings is 3. The monoisotopic (exact) mass is 557 g/mol. The third-order valence-corrected chi connectivity index (χ3v) is 9.86. The molecule has 5 rings (SSSR count). The smallest absolute Gasteiger partial charge is 0.254 e. The Labute approximate surface area is 237 Å². The Morgan fingerprint density at radius 3 is 2.15 bits per heavy atom. The lowest BCUT2D eigenvalue weighted by Gasteiger charge is -2.37. The Kier molecular flexibility index (Phi) is 8.22. The lowest BCUT2D eigenvalue weighted by Crippen LogP contribution is -2.50. The van der Waals surface area contributed by atoms with Crippen LogP contribution >= 0.6 is 0 Å². The molecule has 2 aliphatic heterocycles. The van der Waals surface area contributed by atoms with Gasteiger partial charge in [0.1, 0.15) is 6.07 Å². The number of amides is 1. The van der Waals surface area contributed by atoms with Gasteiger partial charge in [-0.05, 0) is 60.9 Å². The molecule has 2 saturated heterocycles. The fraction of sp³-hybridized carbons (Fsp3) is 0.355. The molecule has 0 aromatic heterocycles. The van der Waals surface area contributed by atoms with Crippen LogP contribution in [0.1, 0.15) is 32.6 Å². The number of para-hydroxylation sites is 1. The molecule has 0 bridgehead atoms. The summed E-state index contributed by atoms with van der Waals surface area (Å²) in [7, 11) is -3.57. The average molecular weight is 558 g/mol. The second kappa shape index (κ2) is 11.8. The number of carbonyl (C=O) groups is 1. The van der Waals surface area contributed by atoms with E-state index in [4.69, 9.17) is 0 Å². The van der Waals surface area contributed by atoms with Gasteiger partial charge in [-0.25, -0.2) is 8.42 Å². The van der Waals surface area contributed by atoms with Crippen LogP contribution in [0.2, 0.25) is 0 Å². The van der Waals surface area contributed by atoms with Crippen molar-refractivity contribution in [3.63, 3.8) is 0 Å². The fourth-order valence-electron chi connectivity index (χ4n) is 5.57. The first-order valence-corrected chi connectivity index (χ1v) is 15.1. The standard InChI is InChI=1S/C31H35N5O3S/c1-24-20-25(2)29(31(37)35-16-18-36(19-17-35)40(38,39)28-9-4-3-5-10-28)21-27(24)23-33-12-14-34(15-13-33)30-11-7-6-8-26(30)22-32/h3-11,20-21H,12-19,23H2,1-2H3. The number of rotatable bonds is 6. The molecule has 9 heteroatoms. The van der Waals surface area contributed by atoms with E-state index in [1.54, 1.807) is 35.2 Å². The summed E-state index contributed by atoms with van der Waals surface area (Å²) in [6, 6.07) is 22.6. The van der Waals surface area contributed by atoms with Crippen LogP contribution < -0.4 is 4.90 Å². The van der Waals surface area contributed by atoms with Gasteiger partial charge in [0.25, 0.3) is 5.91 Å². The summed E-state index contributed by atoms with van der Waals surface area (Å²) in [5.41, 5.74) is 5.59. The summed E-state index contributed by atoms with van der Waals surface area (Å²) in [4.78, 5) is 20.3. The molecule has 8 nitrogen and oxygen atoms in total. The van der Waals surface area contributed by atoms with Gasteiger partial charge in [0, 0.05) is 64.5 Å². The zero-order valence-corrected chi connectivity index (χ0v) is 23.9. The predicted molar refractivity (Wildman–Crippen MR) is 156 cm³/mol. The molecule has 0 unspecified atom stereocenters. The first-order valence-electron chi connectivity index (χ1n) is 13.7. The quantitative estimate of drug-likeness (QED) is 0.460. The Morgan fingerprint density at radius 2 is 1.48 bits per heavy atom. The van der Waals surface area contributed by atoms with E-state index in [1.165, 1.54) is 4.31 Å². The Balaban J connectivity index is 1.23. The van der Waals surface area contributed by atoms with Crippen LogP contribution in [0.25, 0.3) is 0 Å². The third kappa shape index (κ3) is 5.75. The van der Waals surface area contributed by atoms with Crippen molar-refractivity contribution in [2.75, 3.05) is 57.3 Å². The average Bonchev–Trinajstić information content (AvgIpc) is 2.99. The number of sulfonamides is 1. The van der Waals surface area contributed by atoms with E-state index in [0.717, 1.165) is 55.1 Å². The van der Waals surface area contributed by atoms with Gasteiger partial charge < -0.3 is 9.80 Å². The van der Waals surface area contributed by atoms with Crippen LogP contribution in [0.4, 0.5) is 5.69 Å². The van der Waals surface area contributed by atoms with Gasteiger partial charge in [-0.15, -0.1) is 0 Å². The van der Waals surface area contributed by atoms with Gasteiger partial charge in [-0.2, -0.15) is 9.57 Å². The molecule has 3 aromatic carbocycles. The van der Waals surface area contributed by atoms with E-state index >= 15 is 0 Å². The molecule has 2 aliphatic rings. The van der Waals surface area contributed by atoms with Crippen molar-refractivity contribution >= 4 is 21.6 Å². The van der Waals surface area contributed by atoms with Crippen LogP contribution in [0, 0.1) is 25.2 Å². The van der Waals surface area contributed by atoms with Crippen molar-refractivity contribution in [3.05, 3.63) is 94.5 Å². The molecule has 1 amide bonds. The molecule has 2 fully saturated rings. The van der Waals surface area contributed by atoms with Gasteiger partial charge >= 0.3 is 0 Å². The highest BCUT2D eigenvalue weighted by molar-refractivity contribution is 7.89.